The molecular formula is C38H59ClFN5. The first-order valence-corrected chi connectivity index (χ1v) is 18.5. The zero-order valence-corrected chi connectivity index (χ0v) is 29.1. The van der Waals surface area contributed by atoms with Crippen LogP contribution in [0.2, 0.25) is 0 Å². The molecule has 0 amide bonds. The number of hydrogen-bond acceptors (Lipinski definition) is 5. The first-order valence-electron chi connectivity index (χ1n) is 18.1. The maximum absolute atomic E-state index is 15.3. The zero-order chi connectivity index (χ0) is 31.8. The highest BCUT2D eigenvalue weighted by atomic mass is 35.5. The number of aryl methyl sites for hydroxylation is 1. The standard InChI is InChI=1S/C38H59ClFN5/c1-5-9-29(2)22-30(3)27-45-18-8-16-38(45)17-21-44(28-38)31(4)23-34-13-12-33(24-36(34)40)11-7-6-10-32-14-19-43(20-15-32)37-41-25-35(39)26-42-37/h12-13,24-26,29-30,32,37,41H,4-11,14-23,27-28H2,1-3H3. The lowest BCUT2D eigenvalue weighted by molar-refractivity contribution is 0.119. The minimum atomic E-state index is -0.0671. The van der Waals surface area contributed by atoms with Gasteiger partial charge in [-0.2, -0.15) is 0 Å². The molecule has 0 bridgehead atoms. The SMILES string of the molecule is C=C(Cc1ccc(CCCCC2CCN(C3N=CC(Cl)=CN3)CC2)cc1F)N1CCC2(CCCN2CC(C)CC(C)CCC)C1. The van der Waals surface area contributed by atoms with Crippen molar-refractivity contribution >= 4 is 17.8 Å². The highest BCUT2D eigenvalue weighted by Gasteiger charge is 2.46. The maximum atomic E-state index is 15.3. The van der Waals surface area contributed by atoms with Crippen LogP contribution in [0.25, 0.3) is 0 Å². The molecule has 4 heterocycles. The molecule has 1 spiro atoms. The van der Waals surface area contributed by atoms with Crippen molar-refractivity contribution in [2.24, 2.45) is 22.7 Å². The van der Waals surface area contributed by atoms with Gasteiger partial charge in [-0.05, 0) is 92.9 Å². The van der Waals surface area contributed by atoms with Gasteiger partial charge < -0.3 is 10.2 Å². The van der Waals surface area contributed by atoms with E-state index in [1.165, 1.54) is 77.3 Å². The second kappa shape index (κ2) is 16.3. The fourth-order valence-electron chi connectivity index (χ4n) is 8.66. The van der Waals surface area contributed by atoms with Gasteiger partial charge in [0, 0.05) is 62.8 Å². The Morgan fingerprint density at radius 2 is 1.96 bits per heavy atom. The molecule has 0 saturated carbocycles. The third-order valence-corrected chi connectivity index (χ3v) is 11.4. The van der Waals surface area contributed by atoms with Crippen LogP contribution in [-0.4, -0.2) is 72.0 Å². The third kappa shape index (κ3) is 9.35. The van der Waals surface area contributed by atoms with Crippen molar-refractivity contribution < 1.29 is 4.39 Å². The Morgan fingerprint density at radius 3 is 2.69 bits per heavy atom. The highest BCUT2D eigenvalue weighted by molar-refractivity contribution is 6.39. The van der Waals surface area contributed by atoms with Gasteiger partial charge in [0.2, 0.25) is 0 Å². The van der Waals surface area contributed by atoms with Crippen molar-refractivity contribution in [2.75, 3.05) is 39.3 Å². The van der Waals surface area contributed by atoms with E-state index in [4.69, 9.17) is 11.6 Å². The molecule has 1 aromatic carbocycles. The van der Waals surface area contributed by atoms with Gasteiger partial charge in [-0.3, -0.25) is 14.8 Å². The number of unbranched alkanes of at least 4 members (excludes halogenated alkanes) is 1. The number of hydrogen-bond donors (Lipinski definition) is 1. The Morgan fingerprint density at radius 1 is 1.13 bits per heavy atom. The van der Waals surface area contributed by atoms with Gasteiger partial charge in [0.15, 0.2) is 6.29 Å². The van der Waals surface area contributed by atoms with E-state index < -0.39 is 0 Å². The van der Waals surface area contributed by atoms with E-state index >= 15 is 4.39 Å². The van der Waals surface area contributed by atoms with Crippen molar-refractivity contribution in [1.82, 2.24) is 20.0 Å². The Hall–Kier alpha value is -1.89. The van der Waals surface area contributed by atoms with Crippen LogP contribution in [0.3, 0.4) is 0 Å². The molecule has 4 atom stereocenters. The summed E-state index contributed by atoms with van der Waals surface area (Å²) in [6.07, 6.45) is 18.9. The molecule has 250 valence electrons. The van der Waals surface area contributed by atoms with E-state index in [0.717, 1.165) is 73.6 Å². The van der Waals surface area contributed by atoms with Crippen molar-refractivity contribution in [3.63, 3.8) is 0 Å². The fraction of sp³-hybridized carbons (Fsp3) is 0.711. The van der Waals surface area contributed by atoms with Crippen LogP contribution in [0, 0.1) is 23.6 Å². The molecule has 1 aromatic rings. The predicted octanol–water partition coefficient (Wildman–Crippen LogP) is 8.35. The molecule has 0 radical (unpaired) electrons. The summed E-state index contributed by atoms with van der Waals surface area (Å²) in [5.74, 6) is 2.26. The third-order valence-electron chi connectivity index (χ3n) is 11.2. The summed E-state index contributed by atoms with van der Waals surface area (Å²) in [5, 5.41) is 3.93. The van der Waals surface area contributed by atoms with E-state index in [-0.39, 0.29) is 17.6 Å². The van der Waals surface area contributed by atoms with Gasteiger partial charge in [-0.25, -0.2) is 4.39 Å². The van der Waals surface area contributed by atoms with Crippen LogP contribution >= 0.6 is 11.6 Å². The Bertz CT molecular complexity index is 1180. The van der Waals surface area contributed by atoms with Crippen LogP contribution in [0.5, 0.6) is 0 Å². The largest absolute Gasteiger partial charge is 0.373 e. The Kier molecular flexibility index (Phi) is 12.5. The van der Waals surface area contributed by atoms with Crippen LogP contribution in [0.15, 0.2) is 46.7 Å². The number of halogens is 2. The lowest BCUT2D eigenvalue weighted by Crippen LogP contribution is -2.47. The minimum Gasteiger partial charge on any atom is -0.373 e. The summed E-state index contributed by atoms with van der Waals surface area (Å²) in [4.78, 5) is 12.2. The van der Waals surface area contributed by atoms with E-state index in [1.807, 2.05) is 12.3 Å². The number of rotatable bonds is 15. The summed E-state index contributed by atoms with van der Waals surface area (Å²) in [7, 11) is 0. The molecular weight excluding hydrogens is 581 g/mol. The number of aliphatic imine (C=N–C) groups is 1. The number of benzene rings is 1. The minimum absolute atomic E-state index is 0.0241. The Balaban J connectivity index is 1.01. The van der Waals surface area contributed by atoms with Gasteiger partial charge in [-0.15, -0.1) is 0 Å². The molecule has 4 aliphatic rings. The predicted molar refractivity (Wildman–Crippen MR) is 188 cm³/mol. The number of nitrogens with zero attached hydrogens (tertiary/aromatic N) is 4. The lowest BCUT2D eigenvalue weighted by Gasteiger charge is -2.37. The van der Waals surface area contributed by atoms with Crippen LogP contribution in [0.1, 0.15) is 103 Å². The first-order chi connectivity index (χ1) is 21.7. The number of likely N-dealkylation sites (tertiary alicyclic amines) is 3. The summed E-state index contributed by atoms with van der Waals surface area (Å²) >= 11 is 5.97. The van der Waals surface area contributed by atoms with Crippen molar-refractivity contribution in [1.29, 1.82) is 0 Å². The van der Waals surface area contributed by atoms with Crippen LogP contribution in [0.4, 0.5) is 4.39 Å². The molecule has 3 saturated heterocycles. The van der Waals surface area contributed by atoms with Crippen LogP contribution < -0.4 is 5.32 Å². The summed E-state index contributed by atoms with van der Waals surface area (Å²) in [6, 6.07) is 5.95. The molecule has 0 aromatic heterocycles. The number of allylic oxidation sites excluding steroid dienone is 2. The van der Waals surface area contributed by atoms with Crippen molar-refractivity contribution in [2.45, 2.75) is 116 Å². The van der Waals surface area contributed by atoms with Gasteiger partial charge in [0.25, 0.3) is 0 Å². The molecule has 5 nitrogen and oxygen atoms in total. The van der Waals surface area contributed by atoms with Crippen LogP contribution in [-0.2, 0) is 12.8 Å². The molecule has 7 heteroatoms. The molecule has 1 N–H and O–H groups in total. The van der Waals surface area contributed by atoms with Crippen molar-refractivity contribution in [3.8, 4) is 0 Å². The molecule has 0 aliphatic carbocycles. The quantitative estimate of drug-likeness (QED) is 0.196. The number of piperidine rings is 1. The molecule has 4 unspecified atom stereocenters. The average molecular weight is 640 g/mol. The van der Waals surface area contributed by atoms with Gasteiger partial charge in [0.05, 0.1) is 5.03 Å². The van der Waals surface area contributed by atoms with E-state index in [0.29, 0.717) is 11.5 Å². The summed E-state index contributed by atoms with van der Waals surface area (Å²) in [6.45, 7) is 18.3. The Labute approximate surface area is 278 Å². The number of nitrogens with one attached hydrogen (secondary N) is 1. The molecule has 5 rings (SSSR count). The smallest absolute Gasteiger partial charge is 0.175 e. The monoisotopic (exact) mass is 639 g/mol. The van der Waals surface area contributed by atoms with Gasteiger partial charge in [0.1, 0.15) is 5.82 Å². The normalized spacial score (nSPS) is 25.9. The van der Waals surface area contributed by atoms with Gasteiger partial charge >= 0.3 is 0 Å². The summed E-state index contributed by atoms with van der Waals surface area (Å²) in [5.41, 5.74) is 3.27. The second-order valence-electron chi connectivity index (χ2n) is 14.9. The lowest BCUT2D eigenvalue weighted by atomic mass is 9.90. The van der Waals surface area contributed by atoms with Crippen molar-refractivity contribution in [3.05, 3.63) is 58.7 Å². The zero-order valence-electron chi connectivity index (χ0n) is 28.4. The molecule has 3 fully saturated rings. The molecule has 45 heavy (non-hydrogen) atoms. The molecule has 4 aliphatic heterocycles. The van der Waals surface area contributed by atoms with E-state index in [9.17, 15) is 0 Å². The second-order valence-corrected chi connectivity index (χ2v) is 15.4. The summed E-state index contributed by atoms with van der Waals surface area (Å²) < 4.78 is 15.3. The maximum Gasteiger partial charge on any atom is 0.175 e. The highest BCUT2D eigenvalue weighted by Crippen LogP contribution is 2.40. The van der Waals surface area contributed by atoms with Gasteiger partial charge in [-0.1, -0.05) is 76.8 Å². The van der Waals surface area contributed by atoms with E-state index in [2.05, 4.69) is 58.4 Å². The first kappa shape index (κ1) is 34.4. The average Bonchev–Trinajstić information content (AvgIpc) is 3.63. The fourth-order valence-corrected chi connectivity index (χ4v) is 8.78. The van der Waals surface area contributed by atoms with E-state index in [1.54, 1.807) is 12.3 Å². The topological polar surface area (TPSA) is 34.1 Å².